The Balaban J connectivity index is 1.52. The van der Waals surface area contributed by atoms with E-state index >= 15 is 0 Å². The first-order valence-electron chi connectivity index (χ1n) is 9.81. The topological polar surface area (TPSA) is 67.2 Å². The second-order valence-electron chi connectivity index (χ2n) is 7.21. The van der Waals surface area contributed by atoms with Gasteiger partial charge in [-0.2, -0.15) is 5.10 Å². The Labute approximate surface area is 193 Å². The molecule has 6 nitrogen and oxygen atoms in total. The van der Waals surface area contributed by atoms with Crippen LogP contribution >= 0.6 is 23.1 Å². The summed E-state index contributed by atoms with van der Waals surface area (Å²) in [4.78, 5) is 29.2. The molecule has 4 rings (SSSR count). The monoisotopic (exact) mass is 468 g/mol. The molecule has 2 aromatic heterocycles. The molecule has 0 aliphatic carbocycles. The quantitative estimate of drug-likeness (QED) is 0.406. The predicted octanol–water partition coefficient (Wildman–Crippen LogP) is 4.97. The van der Waals surface area contributed by atoms with E-state index in [0.717, 1.165) is 26.5 Å². The second-order valence-corrected chi connectivity index (χ2v) is 9.09. The number of halogens is 1. The number of aryl methyl sites for hydroxylation is 1. The Kier molecular flexibility index (Phi) is 6.29. The highest BCUT2D eigenvalue weighted by molar-refractivity contribution is 7.98. The molecule has 0 atom stereocenters. The zero-order chi connectivity index (χ0) is 22.8. The van der Waals surface area contributed by atoms with Crippen LogP contribution in [0.5, 0.6) is 0 Å². The molecule has 0 fully saturated rings. The van der Waals surface area contributed by atoms with E-state index in [4.69, 9.17) is 0 Å². The number of aromatic nitrogens is 2. The third-order valence-corrected chi connectivity index (χ3v) is 6.83. The zero-order valence-electron chi connectivity index (χ0n) is 17.8. The van der Waals surface area contributed by atoms with Crippen LogP contribution in [0.15, 0.2) is 59.5 Å². The van der Waals surface area contributed by atoms with Gasteiger partial charge in [0.25, 0.3) is 5.91 Å². The van der Waals surface area contributed by atoms with Gasteiger partial charge in [-0.1, -0.05) is 12.1 Å². The van der Waals surface area contributed by atoms with Crippen molar-refractivity contribution in [2.75, 3.05) is 25.2 Å². The molecule has 2 aromatic carbocycles. The van der Waals surface area contributed by atoms with Gasteiger partial charge in [-0.05, 0) is 55.6 Å². The van der Waals surface area contributed by atoms with Gasteiger partial charge in [-0.25, -0.2) is 9.07 Å². The first-order valence-corrected chi connectivity index (χ1v) is 11.8. The van der Waals surface area contributed by atoms with E-state index in [-0.39, 0.29) is 24.2 Å². The highest BCUT2D eigenvalue weighted by Crippen LogP contribution is 2.31. The van der Waals surface area contributed by atoms with E-state index in [1.54, 1.807) is 41.7 Å². The van der Waals surface area contributed by atoms with Crippen molar-refractivity contribution in [3.63, 3.8) is 0 Å². The summed E-state index contributed by atoms with van der Waals surface area (Å²) in [5, 5.41) is 8.25. The number of thiophene rings is 1. The third kappa shape index (κ3) is 4.39. The third-order valence-electron chi connectivity index (χ3n) is 4.94. The fourth-order valence-corrected chi connectivity index (χ4v) is 5.05. The molecule has 0 aliphatic heterocycles. The molecule has 32 heavy (non-hydrogen) atoms. The van der Waals surface area contributed by atoms with Gasteiger partial charge in [0.05, 0.1) is 28.5 Å². The van der Waals surface area contributed by atoms with Crippen molar-refractivity contribution >= 4 is 50.8 Å². The van der Waals surface area contributed by atoms with Crippen LogP contribution < -0.4 is 5.32 Å². The number of nitrogens with zero attached hydrogens (tertiary/aromatic N) is 3. The van der Waals surface area contributed by atoms with Crippen LogP contribution in [-0.4, -0.2) is 46.3 Å². The fourth-order valence-electron chi connectivity index (χ4n) is 3.32. The zero-order valence-corrected chi connectivity index (χ0v) is 19.4. The molecule has 0 saturated carbocycles. The summed E-state index contributed by atoms with van der Waals surface area (Å²) in [6.45, 7) is 1.79. The molecule has 2 amide bonds. The van der Waals surface area contributed by atoms with Gasteiger partial charge in [0.2, 0.25) is 5.91 Å². The molecule has 4 aromatic rings. The van der Waals surface area contributed by atoms with Crippen LogP contribution in [0.2, 0.25) is 0 Å². The highest BCUT2D eigenvalue weighted by Gasteiger charge is 2.21. The fraction of sp³-hybridized carbons (Fsp3) is 0.174. The minimum Gasteiger partial charge on any atom is -0.332 e. The Morgan fingerprint density at radius 2 is 1.91 bits per heavy atom. The van der Waals surface area contributed by atoms with Crippen LogP contribution in [0.1, 0.15) is 15.4 Å². The number of carbonyl (C=O) groups is 2. The maximum absolute atomic E-state index is 13.3. The molecule has 2 heterocycles. The van der Waals surface area contributed by atoms with E-state index in [1.807, 2.05) is 37.4 Å². The summed E-state index contributed by atoms with van der Waals surface area (Å²) < 4.78 is 15.0. The molecule has 0 radical (unpaired) electrons. The number of thioether (sulfide) groups is 1. The average molecular weight is 469 g/mol. The molecule has 1 N–H and O–H groups in total. The lowest BCUT2D eigenvalue weighted by Crippen LogP contribution is -2.34. The summed E-state index contributed by atoms with van der Waals surface area (Å²) in [7, 11) is 1.60. The Morgan fingerprint density at radius 1 is 1.19 bits per heavy atom. The van der Waals surface area contributed by atoms with Gasteiger partial charge in [0.15, 0.2) is 0 Å². The SMILES string of the molecule is CSc1ccccc1NC(=O)CN(C)C(=O)c1cc2c(C)nn(-c3ccc(F)cc3)c2s1. The number of nitrogens with one attached hydrogen (secondary N) is 1. The lowest BCUT2D eigenvalue weighted by Gasteiger charge is -2.16. The minimum atomic E-state index is -0.323. The van der Waals surface area contributed by atoms with Crippen molar-refractivity contribution in [2.24, 2.45) is 0 Å². The number of para-hydroxylation sites is 1. The Hall–Kier alpha value is -3.17. The normalized spacial score (nSPS) is 11.0. The molecule has 0 saturated heterocycles. The number of amides is 2. The van der Waals surface area contributed by atoms with Gasteiger partial charge in [-0.3, -0.25) is 9.59 Å². The predicted molar refractivity (Wildman–Crippen MR) is 127 cm³/mol. The smallest absolute Gasteiger partial charge is 0.264 e. The molecule has 164 valence electrons. The number of hydrogen-bond acceptors (Lipinski definition) is 5. The van der Waals surface area contributed by atoms with Gasteiger partial charge in [-0.15, -0.1) is 23.1 Å². The van der Waals surface area contributed by atoms with Crippen LogP contribution in [0.25, 0.3) is 15.9 Å². The number of likely N-dealkylation sites (N-methyl/N-ethyl adjacent to an activating group) is 1. The molecule has 9 heteroatoms. The van der Waals surface area contributed by atoms with Crippen molar-refractivity contribution in [1.29, 1.82) is 0 Å². The summed E-state index contributed by atoms with van der Waals surface area (Å²) in [6, 6.07) is 15.4. The average Bonchev–Trinajstić information content (AvgIpc) is 3.34. The number of hydrogen-bond donors (Lipinski definition) is 1. The summed E-state index contributed by atoms with van der Waals surface area (Å²) in [6.07, 6.45) is 1.94. The van der Waals surface area contributed by atoms with E-state index in [1.165, 1.54) is 28.4 Å². The van der Waals surface area contributed by atoms with Gasteiger partial charge < -0.3 is 10.2 Å². The van der Waals surface area contributed by atoms with Crippen LogP contribution in [0, 0.1) is 12.7 Å². The van der Waals surface area contributed by atoms with Gasteiger partial charge >= 0.3 is 0 Å². The summed E-state index contributed by atoms with van der Waals surface area (Å²) >= 11 is 2.84. The Morgan fingerprint density at radius 3 is 2.62 bits per heavy atom. The molecule has 0 unspecified atom stereocenters. The lowest BCUT2D eigenvalue weighted by atomic mass is 10.3. The molecular formula is C23H21FN4O2S2. The standard InChI is InChI=1S/C23H21FN4O2S2/c1-14-17-12-20(32-23(17)28(26-14)16-10-8-15(24)9-11-16)22(30)27(2)13-21(29)25-18-6-4-5-7-19(18)31-3/h4-12H,13H2,1-3H3,(H,25,29). The largest absolute Gasteiger partial charge is 0.332 e. The van der Waals surface area contributed by atoms with Gasteiger partial charge in [0, 0.05) is 17.3 Å². The van der Waals surface area contributed by atoms with Crippen molar-refractivity contribution < 1.29 is 14.0 Å². The summed E-state index contributed by atoms with van der Waals surface area (Å²) in [5.74, 6) is -0.835. The molecule has 0 bridgehead atoms. The first-order chi connectivity index (χ1) is 15.4. The number of fused-ring (bicyclic) bond motifs is 1. The maximum atomic E-state index is 13.3. The van der Waals surface area contributed by atoms with Crippen molar-refractivity contribution in [2.45, 2.75) is 11.8 Å². The van der Waals surface area contributed by atoms with E-state index in [0.29, 0.717) is 10.6 Å². The molecule has 0 spiro atoms. The minimum absolute atomic E-state index is 0.0706. The number of rotatable bonds is 6. The van der Waals surface area contributed by atoms with E-state index in [2.05, 4.69) is 10.4 Å². The van der Waals surface area contributed by atoms with Gasteiger partial charge in [0.1, 0.15) is 10.6 Å². The first kappa shape index (κ1) is 22.0. The number of carbonyl (C=O) groups excluding carboxylic acids is 2. The maximum Gasteiger partial charge on any atom is 0.264 e. The molecule has 0 aliphatic rings. The molecular weight excluding hydrogens is 447 g/mol. The van der Waals surface area contributed by atoms with Crippen LogP contribution in [0.3, 0.4) is 0 Å². The van der Waals surface area contributed by atoms with Crippen LogP contribution in [0.4, 0.5) is 10.1 Å². The van der Waals surface area contributed by atoms with Crippen LogP contribution in [-0.2, 0) is 4.79 Å². The van der Waals surface area contributed by atoms with Crippen molar-refractivity contribution in [3.05, 3.63) is 71.0 Å². The number of anilines is 1. The highest BCUT2D eigenvalue weighted by atomic mass is 32.2. The van der Waals surface area contributed by atoms with E-state index in [9.17, 15) is 14.0 Å². The number of benzene rings is 2. The van der Waals surface area contributed by atoms with Crippen molar-refractivity contribution in [3.8, 4) is 5.69 Å². The van der Waals surface area contributed by atoms with Crippen molar-refractivity contribution in [1.82, 2.24) is 14.7 Å². The second kappa shape index (κ2) is 9.13. The lowest BCUT2D eigenvalue weighted by molar-refractivity contribution is -0.116. The Bertz CT molecular complexity index is 1300. The van der Waals surface area contributed by atoms with E-state index < -0.39 is 0 Å². The summed E-state index contributed by atoms with van der Waals surface area (Å²) in [5.41, 5.74) is 2.21.